The second-order valence-corrected chi connectivity index (χ2v) is 7.42. The topological polar surface area (TPSA) is 67.2 Å². The first kappa shape index (κ1) is 20.0. The Hall–Kier alpha value is -1.28. The van der Waals surface area contributed by atoms with E-state index in [9.17, 15) is 0 Å². The number of nitrogens with one attached hydrogen (secondary N) is 2. The molecule has 0 spiro atoms. The Kier molecular flexibility index (Phi) is 7.56. The Morgan fingerprint density at radius 1 is 0.880 bits per heavy atom. The van der Waals surface area contributed by atoms with E-state index >= 15 is 0 Å². The zero-order valence-corrected chi connectivity index (χ0v) is 17.3. The van der Waals surface area contributed by atoms with Crippen LogP contribution in [0.25, 0.3) is 0 Å². The maximum absolute atomic E-state index is 5.48. The molecule has 2 aromatic heterocycles. The lowest BCUT2D eigenvalue weighted by Crippen LogP contribution is -2.21. The summed E-state index contributed by atoms with van der Waals surface area (Å²) in [6.45, 7) is 10.6. The van der Waals surface area contributed by atoms with Crippen LogP contribution < -0.4 is 0 Å². The van der Waals surface area contributed by atoms with Crippen molar-refractivity contribution >= 4 is 24.4 Å². The summed E-state index contributed by atoms with van der Waals surface area (Å²) in [7, 11) is 0. The maximum Gasteiger partial charge on any atom is 0.195 e. The van der Waals surface area contributed by atoms with Gasteiger partial charge in [-0.2, -0.15) is 10.2 Å². The number of nitrogens with zero attached hydrogens (tertiary/aromatic N) is 4. The number of aromatic nitrogens is 6. The highest BCUT2D eigenvalue weighted by Gasteiger charge is 2.30. The third-order valence-corrected chi connectivity index (χ3v) is 5.44. The van der Waals surface area contributed by atoms with Gasteiger partial charge in [0.2, 0.25) is 0 Å². The molecule has 2 N–H and O–H groups in total. The zero-order valence-electron chi connectivity index (χ0n) is 15.7. The summed E-state index contributed by atoms with van der Waals surface area (Å²) in [6.07, 6.45) is 5.43. The van der Waals surface area contributed by atoms with E-state index in [4.69, 9.17) is 24.4 Å². The predicted octanol–water partition coefficient (Wildman–Crippen LogP) is 4.97. The molecule has 1 unspecified atom stereocenters. The SMILES string of the molecule is CCCCn1c(C(c2n[nH]c(=S)n2CCCC)C(C)CC)n[nH]c1=S. The minimum Gasteiger partial charge on any atom is -0.304 e. The second-order valence-electron chi connectivity index (χ2n) is 6.65. The number of aromatic amines is 2. The van der Waals surface area contributed by atoms with E-state index in [2.05, 4.69) is 57.2 Å². The van der Waals surface area contributed by atoms with Gasteiger partial charge in [-0.3, -0.25) is 10.2 Å². The van der Waals surface area contributed by atoms with Crippen LogP contribution in [0.2, 0.25) is 0 Å². The van der Waals surface area contributed by atoms with Gasteiger partial charge in [0, 0.05) is 13.1 Å². The van der Waals surface area contributed by atoms with Crippen molar-refractivity contribution in [3.8, 4) is 0 Å². The highest BCUT2D eigenvalue weighted by molar-refractivity contribution is 7.71. The van der Waals surface area contributed by atoms with Gasteiger partial charge in [-0.1, -0.05) is 47.0 Å². The summed E-state index contributed by atoms with van der Waals surface area (Å²) in [5.41, 5.74) is 0. The third kappa shape index (κ3) is 4.47. The summed E-state index contributed by atoms with van der Waals surface area (Å²) >= 11 is 11.0. The molecule has 1 atom stereocenters. The lowest BCUT2D eigenvalue weighted by atomic mass is 9.90. The van der Waals surface area contributed by atoms with E-state index in [0.29, 0.717) is 15.5 Å². The number of hydrogen-bond donors (Lipinski definition) is 2. The van der Waals surface area contributed by atoms with E-state index in [-0.39, 0.29) is 5.92 Å². The van der Waals surface area contributed by atoms with E-state index in [1.165, 1.54) is 0 Å². The Morgan fingerprint density at radius 2 is 1.32 bits per heavy atom. The van der Waals surface area contributed by atoms with Crippen molar-refractivity contribution in [2.24, 2.45) is 5.92 Å². The van der Waals surface area contributed by atoms with Gasteiger partial charge in [-0.05, 0) is 43.2 Å². The number of H-pyrrole nitrogens is 2. The van der Waals surface area contributed by atoms with Crippen LogP contribution in [0.1, 0.15) is 77.4 Å². The van der Waals surface area contributed by atoms with Gasteiger partial charge >= 0.3 is 0 Å². The van der Waals surface area contributed by atoms with Gasteiger partial charge < -0.3 is 9.13 Å². The molecule has 0 radical (unpaired) electrons. The first-order chi connectivity index (χ1) is 12.0. The van der Waals surface area contributed by atoms with Gasteiger partial charge in [-0.15, -0.1) is 0 Å². The van der Waals surface area contributed by atoms with E-state index in [1.807, 2.05) is 0 Å². The molecule has 0 amide bonds. The lowest BCUT2D eigenvalue weighted by Gasteiger charge is -2.23. The molecular formula is C17H30N6S2. The van der Waals surface area contributed by atoms with Gasteiger partial charge in [0.15, 0.2) is 9.54 Å². The highest BCUT2D eigenvalue weighted by Crippen LogP contribution is 2.32. The molecule has 0 aromatic carbocycles. The molecule has 0 saturated heterocycles. The lowest BCUT2D eigenvalue weighted by molar-refractivity contribution is 0.421. The summed E-state index contributed by atoms with van der Waals surface area (Å²) in [5.74, 6) is 2.40. The van der Waals surface area contributed by atoms with Crippen LogP contribution >= 0.6 is 24.4 Å². The van der Waals surface area contributed by atoms with Crippen molar-refractivity contribution in [1.82, 2.24) is 29.5 Å². The second kappa shape index (κ2) is 9.43. The first-order valence-corrected chi connectivity index (χ1v) is 10.2. The van der Waals surface area contributed by atoms with E-state index in [1.54, 1.807) is 0 Å². The molecule has 0 saturated carbocycles. The highest BCUT2D eigenvalue weighted by atomic mass is 32.1. The number of hydrogen-bond acceptors (Lipinski definition) is 4. The van der Waals surface area contributed by atoms with Gasteiger partial charge in [-0.25, -0.2) is 0 Å². The fourth-order valence-electron chi connectivity index (χ4n) is 3.06. The smallest absolute Gasteiger partial charge is 0.195 e. The van der Waals surface area contributed by atoms with Crippen molar-refractivity contribution in [2.45, 2.75) is 78.8 Å². The molecule has 6 nitrogen and oxygen atoms in total. The molecule has 0 aliphatic rings. The summed E-state index contributed by atoms with van der Waals surface area (Å²) < 4.78 is 5.65. The molecule has 0 aliphatic carbocycles. The fourth-order valence-corrected chi connectivity index (χ4v) is 3.52. The Labute approximate surface area is 160 Å². The zero-order chi connectivity index (χ0) is 18.4. The molecule has 0 aliphatic heterocycles. The third-order valence-electron chi connectivity index (χ3n) is 4.82. The molecule has 140 valence electrons. The van der Waals surface area contributed by atoms with Crippen LogP contribution in [0.3, 0.4) is 0 Å². The number of unbranched alkanes of at least 4 members (excludes halogenated alkanes) is 2. The summed E-state index contributed by atoms with van der Waals surface area (Å²) in [5, 5.41) is 15.2. The molecule has 8 heteroatoms. The molecule has 2 heterocycles. The van der Waals surface area contributed by atoms with Crippen LogP contribution in [-0.4, -0.2) is 29.5 Å². The summed E-state index contributed by atoms with van der Waals surface area (Å²) in [6, 6.07) is 0. The predicted molar refractivity (Wildman–Crippen MR) is 106 cm³/mol. The van der Waals surface area contributed by atoms with Crippen LogP contribution in [-0.2, 0) is 13.1 Å². The van der Waals surface area contributed by atoms with Crippen molar-refractivity contribution < 1.29 is 0 Å². The fraction of sp³-hybridized carbons (Fsp3) is 0.765. The Morgan fingerprint density at radius 3 is 1.68 bits per heavy atom. The first-order valence-electron chi connectivity index (χ1n) is 9.35. The van der Waals surface area contributed by atoms with E-state index in [0.717, 1.165) is 56.8 Å². The molecule has 0 fully saturated rings. The van der Waals surface area contributed by atoms with Gasteiger partial charge in [0.1, 0.15) is 11.6 Å². The molecule has 2 rings (SSSR count). The van der Waals surface area contributed by atoms with E-state index < -0.39 is 0 Å². The minimum absolute atomic E-state index is 0.0691. The van der Waals surface area contributed by atoms with Crippen molar-refractivity contribution in [3.63, 3.8) is 0 Å². The van der Waals surface area contributed by atoms with Crippen molar-refractivity contribution in [2.75, 3.05) is 0 Å². The Balaban J connectivity index is 2.52. The molecule has 25 heavy (non-hydrogen) atoms. The van der Waals surface area contributed by atoms with Crippen LogP contribution in [0.15, 0.2) is 0 Å². The maximum atomic E-state index is 5.48. The Bertz CT molecular complexity index is 708. The average molecular weight is 383 g/mol. The standard InChI is InChI=1S/C17H30N6S2/c1-5-8-10-22-14(18-20-16(22)24)13(12(4)7-3)15-19-21-17(25)23(15)11-9-6-2/h12-13H,5-11H2,1-4H3,(H,20,24)(H,21,25). The summed E-state index contributed by atoms with van der Waals surface area (Å²) in [4.78, 5) is 0. The van der Waals surface area contributed by atoms with Crippen LogP contribution in [0.4, 0.5) is 0 Å². The monoisotopic (exact) mass is 382 g/mol. The van der Waals surface area contributed by atoms with Crippen molar-refractivity contribution in [3.05, 3.63) is 21.2 Å². The molecule has 0 bridgehead atoms. The van der Waals surface area contributed by atoms with Gasteiger partial charge in [0.05, 0.1) is 5.92 Å². The normalized spacial score (nSPS) is 12.8. The van der Waals surface area contributed by atoms with Gasteiger partial charge in [0.25, 0.3) is 0 Å². The van der Waals surface area contributed by atoms with Crippen LogP contribution in [0, 0.1) is 15.5 Å². The number of rotatable bonds is 10. The quantitative estimate of drug-likeness (QED) is 0.569. The average Bonchev–Trinajstić information content (AvgIpc) is 3.15. The molecular weight excluding hydrogens is 352 g/mol. The minimum atomic E-state index is 0.0691. The van der Waals surface area contributed by atoms with Crippen molar-refractivity contribution in [1.29, 1.82) is 0 Å². The molecule has 2 aromatic rings. The van der Waals surface area contributed by atoms with Crippen LogP contribution in [0.5, 0.6) is 0 Å². The largest absolute Gasteiger partial charge is 0.304 e.